The largest absolute Gasteiger partial charge is 0.466 e. The molecule has 6 heteroatoms. The van der Waals surface area contributed by atoms with E-state index in [-0.39, 0.29) is 5.97 Å². The summed E-state index contributed by atoms with van der Waals surface area (Å²) in [6.07, 6.45) is 1.08. The van der Waals surface area contributed by atoms with E-state index in [2.05, 4.69) is 34.0 Å². The topological polar surface area (TPSA) is 45.7 Å². The Morgan fingerprint density at radius 3 is 2.71 bits per heavy atom. The molecule has 2 rings (SSSR count). The average Bonchev–Trinajstić information content (AvgIpc) is 2.94. The van der Waals surface area contributed by atoms with Crippen molar-refractivity contribution in [3.05, 3.63) is 11.1 Å². The maximum absolute atomic E-state index is 11.4. The lowest BCUT2D eigenvalue weighted by Gasteiger charge is -2.36. The van der Waals surface area contributed by atoms with Crippen molar-refractivity contribution >= 4 is 22.4 Å². The number of ether oxygens (including phenoxy) is 1. The molecule has 0 radical (unpaired) electrons. The Kier molecular flexibility index (Phi) is 5.99. The van der Waals surface area contributed by atoms with Crippen LogP contribution in [0.4, 0.5) is 5.13 Å². The highest BCUT2D eigenvalue weighted by molar-refractivity contribution is 7.13. The zero-order valence-electron chi connectivity index (χ0n) is 13.2. The van der Waals surface area contributed by atoms with Crippen LogP contribution in [0.2, 0.25) is 0 Å². The van der Waals surface area contributed by atoms with Gasteiger partial charge in [0.25, 0.3) is 0 Å². The summed E-state index contributed by atoms with van der Waals surface area (Å²) in [6.45, 7) is 11.0. The molecule has 5 nitrogen and oxygen atoms in total. The van der Waals surface area contributed by atoms with Crippen molar-refractivity contribution < 1.29 is 9.53 Å². The van der Waals surface area contributed by atoms with Crippen molar-refractivity contribution in [2.45, 2.75) is 39.7 Å². The Balaban J connectivity index is 1.82. The fourth-order valence-electron chi connectivity index (χ4n) is 2.45. The number of carbonyl (C=O) groups excluding carboxylic acids is 1. The van der Waals surface area contributed by atoms with Crippen LogP contribution in [-0.2, 0) is 16.0 Å². The summed E-state index contributed by atoms with van der Waals surface area (Å²) < 4.78 is 4.94. The van der Waals surface area contributed by atoms with Crippen molar-refractivity contribution in [2.75, 3.05) is 37.7 Å². The molecule has 1 aliphatic rings. The van der Waals surface area contributed by atoms with Gasteiger partial charge in [0.05, 0.1) is 18.7 Å². The molecule has 0 N–H and O–H groups in total. The Bertz CT molecular complexity index is 454. The molecule has 1 saturated heterocycles. The first-order valence-corrected chi connectivity index (χ1v) is 8.57. The second-order valence-corrected chi connectivity index (χ2v) is 6.38. The number of carbonyl (C=O) groups is 1. The molecule has 0 amide bonds. The number of thiazole rings is 1. The van der Waals surface area contributed by atoms with E-state index in [9.17, 15) is 4.79 Å². The maximum atomic E-state index is 11.4. The summed E-state index contributed by atoms with van der Waals surface area (Å²) in [5.41, 5.74) is 0.995. The van der Waals surface area contributed by atoms with Gasteiger partial charge in [0.15, 0.2) is 5.13 Å². The van der Waals surface area contributed by atoms with E-state index in [0.29, 0.717) is 25.5 Å². The molecule has 0 saturated carbocycles. The van der Waals surface area contributed by atoms with Crippen molar-refractivity contribution in [2.24, 2.45) is 0 Å². The van der Waals surface area contributed by atoms with Crippen molar-refractivity contribution in [1.82, 2.24) is 9.88 Å². The smallest absolute Gasteiger partial charge is 0.306 e. The van der Waals surface area contributed by atoms with Gasteiger partial charge in [0.1, 0.15) is 0 Å². The molecule has 1 fully saturated rings. The highest BCUT2D eigenvalue weighted by Crippen LogP contribution is 2.23. The first-order valence-electron chi connectivity index (χ1n) is 7.69. The van der Waals surface area contributed by atoms with Gasteiger partial charge in [-0.1, -0.05) is 0 Å². The lowest BCUT2D eigenvalue weighted by Crippen LogP contribution is -2.48. The van der Waals surface area contributed by atoms with Crippen molar-refractivity contribution in [3.8, 4) is 0 Å². The number of esters is 1. The van der Waals surface area contributed by atoms with Gasteiger partial charge in [-0.05, 0) is 20.8 Å². The zero-order chi connectivity index (χ0) is 15.2. The van der Waals surface area contributed by atoms with Gasteiger partial charge in [-0.25, -0.2) is 4.98 Å². The molecule has 21 heavy (non-hydrogen) atoms. The maximum Gasteiger partial charge on any atom is 0.306 e. The second kappa shape index (κ2) is 7.75. The predicted octanol–water partition coefficient (Wildman–Crippen LogP) is 2.17. The van der Waals surface area contributed by atoms with E-state index in [1.165, 1.54) is 0 Å². The van der Waals surface area contributed by atoms with Crippen LogP contribution in [0.15, 0.2) is 5.38 Å². The van der Waals surface area contributed by atoms with E-state index < -0.39 is 0 Å². The van der Waals surface area contributed by atoms with Crippen molar-refractivity contribution in [1.29, 1.82) is 0 Å². The summed E-state index contributed by atoms with van der Waals surface area (Å²) in [6, 6.07) is 0.614. The molecular weight excluding hydrogens is 286 g/mol. The lowest BCUT2D eigenvalue weighted by atomic mass is 10.2. The van der Waals surface area contributed by atoms with Crippen LogP contribution in [-0.4, -0.2) is 54.7 Å². The lowest BCUT2D eigenvalue weighted by molar-refractivity contribution is -0.143. The molecule has 1 aromatic heterocycles. The minimum Gasteiger partial charge on any atom is -0.466 e. The van der Waals surface area contributed by atoms with Crippen LogP contribution in [0.5, 0.6) is 0 Å². The van der Waals surface area contributed by atoms with Crippen molar-refractivity contribution in [3.63, 3.8) is 0 Å². The normalized spacial score (nSPS) is 16.5. The SMILES string of the molecule is CCOC(=O)CCc1csc(N2CCN(C(C)C)CC2)n1. The van der Waals surface area contributed by atoms with E-state index in [0.717, 1.165) is 37.0 Å². The Morgan fingerprint density at radius 2 is 2.10 bits per heavy atom. The standard InChI is InChI=1S/C15H25N3O2S/c1-4-20-14(19)6-5-13-11-21-15(16-13)18-9-7-17(8-10-18)12(2)3/h11-12H,4-10H2,1-3H3. The van der Waals surface area contributed by atoms with Gasteiger partial charge in [-0.2, -0.15) is 0 Å². The fraction of sp³-hybridized carbons (Fsp3) is 0.733. The third kappa shape index (κ3) is 4.68. The Hall–Kier alpha value is -1.14. The number of anilines is 1. The first-order chi connectivity index (χ1) is 10.1. The summed E-state index contributed by atoms with van der Waals surface area (Å²) in [5.74, 6) is -0.141. The van der Waals surface area contributed by atoms with E-state index >= 15 is 0 Å². The number of hydrogen-bond acceptors (Lipinski definition) is 6. The van der Waals surface area contributed by atoms with E-state index in [1.54, 1.807) is 11.3 Å². The van der Waals surface area contributed by atoms with Gasteiger partial charge >= 0.3 is 5.97 Å². The summed E-state index contributed by atoms with van der Waals surface area (Å²) in [4.78, 5) is 20.9. The van der Waals surface area contributed by atoms with Crippen LogP contribution >= 0.6 is 11.3 Å². The minimum atomic E-state index is -0.141. The van der Waals surface area contributed by atoms with Gasteiger partial charge in [-0.15, -0.1) is 11.3 Å². The fourth-order valence-corrected chi connectivity index (χ4v) is 3.36. The molecule has 0 atom stereocenters. The summed E-state index contributed by atoms with van der Waals surface area (Å²) in [5, 5.41) is 3.14. The third-order valence-corrected chi connectivity index (χ3v) is 4.70. The van der Waals surface area contributed by atoms with Crippen LogP contribution in [0, 0.1) is 0 Å². The molecule has 0 aromatic carbocycles. The number of nitrogens with zero attached hydrogens (tertiary/aromatic N) is 3. The molecule has 0 spiro atoms. The number of hydrogen-bond donors (Lipinski definition) is 0. The Labute approximate surface area is 130 Å². The summed E-state index contributed by atoms with van der Waals surface area (Å²) in [7, 11) is 0. The van der Waals surface area contributed by atoms with Gasteiger partial charge in [-0.3, -0.25) is 9.69 Å². The van der Waals surface area contributed by atoms with Gasteiger partial charge < -0.3 is 9.64 Å². The quantitative estimate of drug-likeness (QED) is 0.754. The molecular formula is C15H25N3O2S. The monoisotopic (exact) mass is 311 g/mol. The summed E-state index contributed by atoms with van der Waals surface area (Å²) >= 11 is 1.67. The molecule has 1 aliphatic heterocycles. The Morgan fingerprint density at radius 1 is 1.38 bits per heavy atom. The number of rotatable bonds is 6. The van der Waals surface area contributed by atoms with Crippen LogP contribution in [0.3, 0.4) is 0 Å². The average molecular weight is 311 g/mol. The van der Waals surface area contributed by atoms with Crippen LogP contribution in [0.1, 0.15) is 32.9 Å². The molecule has 2 heterocycles. The third-order valence-electron chi connectivity index (χ3n) is 3.75. The molecule has 0 unspecified atom stereocenters. The number of aromatic nitrogens is 1. The zero-order valence-corrected chi connectivity index (χ0v) is 14.0. The number of piperazine rings is 1. The van der Waals surface area contributed by atoms with Gasteiger partial charge in [0.2, 0.25) is 0 Å². The molecule has 1 aromatic rings. The number of aryl methyl sites for hydroxylation is 1. The van der Waals surface area contributed by atoms with Gasteiger partial charge in [0, 0.05) is 44.0 Å². The highest BCUT2D eigenvalue weighted by Gasteiger charge is 2.20. The predicted molar refractivity (Wildman–Crippen MR) is 86.0 cm³/mol. The van der Waals surface area contributed by atoms with E-state index in [1.807, 2.05) is 6.92 Å². The highest BCUT2D eigenvalue weighted by atomic mass is 32.1. The molecule has 118 valence electrons. The van der Waals surface area contributed by atoms with Crippen LogP contribution in [0.25, 0.3) is 0 Å². The first kappa shape index (κ1) is 16.2. The minimum absolute atomic E-state index is 0.141. The molecule has 0 bridgehead atoms. The second-order valence-electron chi connectivity index (χ2n) is 5.54. The molecule has 0 aliphatic carbocycles. The van der Waals surface area contributed by atoms with Crippen LogP contribution < -0.4 is 4.90 Å². The van der Waals surface area contributed by atoms with E-state index in [4.69, 9.17) is 4.74 Å².